The normalized spacial score (nSPS) is 16.3. The van der Waals surface area contributed by atoms with Crippen molar-refractivity contribution in [2.24, 2.45) is 0 Å². The fourth-order valence-electron chi connectivity index (χ4n) is 6.96. The first kappa shape index (κ1) is 30.6. The van der Waals surface area contributed by atoms with Crippen molar-refractivity contribution in [3.63, 3.8) is 0 Å². The Morgan fingerprint density at radius 2 is 1.47 bits per heavy atom. The Labute approximate surface area is 278 Å². The molecule has 0 unspecified atom stereocenters. The van der Waals surface area contributed by atoms with Gasteiger partial charge in [0.2, 0.25) is 11.8 Å². The highest BCUT2D eigenvalue weighted by Crippen LogP contribution is 2.39. The van der Waals surface area contributed by atoms with Crippen LogP contribution in [0.3, 0.4) is 0 Å². The summed E-state index contributed by atoms with van der Waals surface area (Å²) in [7, 11) is 0. The van der Waals surface area contributed by atoms with Crippen molar-refractivity contribution in [3.8, 4) is 0 Å². The van der Waals surface area contributed by atoms with Crippen LogP contribution in [-0.4, -0.2) is 57.5 Å². The van der Waals surface area contributed by atoms with E-state index in [0.29, 0.717) is 36.6 Å². The third kappa shape index (κ3) is 5.97. The van der Waals surface area contributed by atoms with E-state index in [1.54, 1.807) is 41.3 Å². The molecule has 0 radical (unpaired) electrons. The van der Waals surface area contributed by atoms with Gasteiger partial charge in [-0.15, -0.1) is 0 Å². The van der Waals surface area contributed by atoms with Crippen LogP contribution in [-0.2, 0) is 22.4 Å². The molecule has 1 saturated heterocycles. The zero-order chi connectivity index (χ0) is 32.5. The number of nitrogens with zero attached hydrogens (tertiary/aromatic N) is 3. The van der Waals surface area contributed by atoms with Crippen molar-refractivity contribution in [2.45, 2.75) is 44.6 Å². The SMILES string of the molecule is O=C(CC[C@H](C(=O)N1CCC(=C2c3ccc(Cl)cc3CCc3cccnc32)CC1)N1C(=O)c2ccccc2C1=O)Nc1ccccc1. The van der Waals surface area contributed by atoms with E-state index in [-0.39, 0.29) is 35.8 Å². The minimum Gasteiger partial charge on any atom is -0.340 e. The topological polar surface area (TPSA) is 99.7 Å². The van der Waals surface area contributed by atoms with Gasteiger partial charge < -0.3 is 10.2 Å². The number of hydrogen-bond donors (Lipinski definition) is 1. The Hall–Kier alpha value is -5.08. The zero-order valence-electron chi connectivity index (χ0n) is 25.7. The number of imide groups is 1. The van der Waals surface area contributed by atoms with Crippen molar-refractivity contribution in [3.05, 3.63) is 135 Å². The second-order valence-electron chi connectivity index (χ2n) is 12.1. The van der Waals surface area contributed by atoms with Crippen molar-refractivity contribution < 1.29 is 19.2 Å². The lowest BCUT2D eigenvalue weighted by atomic mass is 9.88. The molecule has 1 atom stereocenters. The number of nitrogens with one attached hydrogen (secondary N) is 1. The van der Waals surface area contributed by atoms with Crippen LogP contribution in [0.1, 0.15) is 68.8 Å². The lowest BCUT2D eigenvalue weighted by molar-refractivity contribution is -0.136. The molecule has 0 saturated carbocycles. The van der Waals surface area contributed by atoms with Crippen LogP contribution in [0.25, 0.3) is 5.57 Å². The summed E-state index contributed by atoms with van der Waals surface area (Å²) in [4.78, 5) is 61.9. The Morgan fingerprint density at radius 3 is 2.19 bits per heavy atom. The average Bonchev–Trinajstić information content (AvgIpc) is 3.24. The number of benzene rings is 3. The summed E-state index contributed by atoms with van der Waals surface area (Å²) in [6.45, 7) is 0.831. The minimum atomic E-state index is -1.11. The lowest BCUT2D eigenvalue weighted by Gasteiger charge is -2.35. The van der Waals surface area contributed by atoms with E-state index in [9.17, 15) is 19.2 Å². The minimum absolute atomic E-state index is 0.0127. The predicted molar refractivity (Wildman–Crippen MR) is 180 cm³/mol. The van der Waals surface area contributed by atoms with Gasteiger partial charge in [-0.05, 0) is 91.3 Å². The van der Waals surface area contributed by atoms with Gasteiger partial charge in [-0.3, -0.25) is 29.1 Å². The smallest absolute Gasteiger partial charge is 0.262 e. The first-order valence-electron chi connectivity index (χ1n) is 15.9. The number of hydrogen-bond acceptors (Lipinski definition) is 5. The maximum Gasteiger partial charge on any atom is 0.262 e. The number of anilines is 1. The van der Waals surface area contributed by atoms with Crippen LogP contribution in [0.5, 0.6) is 0 Å². The summed E-state index contributed by atoms with van der Waals surface area (Å²) in [6, 6.07) is 24.6. The van der Waals surface area contributed by atoms with Gasteiger partial charge in [0.15, 0.2) is 0 Å². The number of fused-ring (bicyclic) bond motifs is 3. The lowest BCUT2D eigenvalue weighted by Crippen LogP contribution is -2.52. The van der Waals surface area contributed by atoms with Crippen LogP contribution in [0.4, 0.5) is 5.69 Å². The van der Waals surface area contributed by atoms with Crippen molar-refractivity contribution in [1.82, 2.24) is 14.8 Å². The number of para-hydroxylation sites is 1. The molecule has 236 valence electrons. The Balaban J connectivity index is 1.15. The second kappa shape index (κ2) is 13.0. The van der Waals surface area contributed by atoms with Gasteiger partial charge in [-0.1, -0.05) is 59.6 Å². The average molecular weight is 645 g/mol. The highest BCUT2D eigenvalue weighted by atomic mass is 35.5. The number of halogens is 1. The number of likely N-dealkylation sites (tertiary alicyclic amines) is 1. The van der Waals surface area contributed by atoms with Crippen LogP contribution >= 0.6 is 11.6 Å². The van der Waals surface area contributed by atoms with E-state index in [0.717, 1.165) is 34.6 Å². The number of carbonyl (C=O) groups is 4. The number of pyridine rings is 1. The molecule has 1 fully saturated rings. The molecule has 3 heterocycles. The molecule has 1 aromatic heterocycles. The van der Waals surface area contributed by atoms with Crippen LogP contribution < -0.4 is 5.32 Å². The molecule has 2 aliphatic heterocycles. The molecule has 3 aromatic carbocycles. The Kier molecular flexibility index (Phi) is 8.43. The van der Waals surface area contributed by atoms with Crippen molar-refractivity contribution in [2.75, 3.05) is 18.4 Å². The maximum atomic E-state index is 14.3. The quantitative estimate of drug-likeness (QED) is 0.247. The Bertz CT molecular complexity index is 1890. The molecule has 4 aromatic rings. The summed E-state index contributed by atoms with van der Waals surface area (Å²) in [5.41, 5.74) is 7.94. The molecule has 0 spiro atoms. The van der Waals surface area contributed by atoms with Crippen LogP contribution in [0.15, 0.2) is 96.7 Å². The Morgan fingerprint density at radius 1 is 0.787 bits per heavy atom. The summed E-state index contributed by atoms with van der Waals surface area (Å²) in [5, 5.41) is 3.54. The largest absolute Gasteiger partial charge is 0.340 e. The zero-order valence-corrected chi connectivity index (χ0v) is 26.5. The van der Waals surface area contributed by atoms with Gasteiger partial charge in [-0.2, -0.15) is 0 Å². The number of carbonyl (C=O) groups excluding carboxylic acids is 4. The van der Waals surface area contributed by atoms with E-state index in [1.807, 2.05) is 42.6 Å². The maximum absolute atomic E-state index is 14.3. The van der Waals surface area contributed by atoms with E-state index in [1.165, 1.54) is 16.7 Å². The number of amides is 4. The molecule has 7 rings (SSSR count). The number of aryl methyl sites for hydroxylation is 2. The van der Waals surface area contributed by atoms with Gasteiger partial charge >= 0.3 is 0 Å². The number of aromatic nitrogens is 1. The fourth-order valence-corrected chi connectivity index (χ4v) is 7.15. The first-order valence-corrected chi connectivity index (χ1v) is 16.3. The van der Waals surface area contributed by atoms with E-state index in [2.05, 4.69) is 17.4 Å². The summed E-state index contributed by atoms with van der Waals surface area (Å²) in [6.07, 6.45) is 4.74. The van der Waals surface area contributed by atoms with Gasteiger partial charge in [0, 0.05) is 42.0 Å². The van der Waals surface area contributed by atoms with Crippen molar-refractivity contribution in [1.29, 1.82) is 0 Å². The van der Waals surface area contributed by atoms with E-state index in [4.69, 9.17) is 16.6 Å². The van der Waals surface area contributed by atoms with Crippen LogP contribution in [0.2, 0.25) is 5.02 Å². The van der Waals surface area contributed by atoms with Gasteiger partial charge in [0.25, 0.3) is 11.8 Å². The molecule has 9 heteroatoms. The third-order valence-electron chi connectivity index (χ3n) is 9.29. The molecule has 4 amide bonds. The standard InChI is InChI=1S/C38H33ClN4O4/c39-27-14-15-29-26(23-27)13-12-25-7-6-20-40-35(25)34(29)24-18-21-42(22-19-24)38(47)32(16-17-33(44)41-28-8-2-1-3-9-28)43-36(45)30-10-4-5-11-31(30)37(43)46/h1-11,14-15,20,23,32H,12-13,16-19,21-22H2,(H,41,44)/t32-/m1/s1. The van der Waals surface area contributed by atoms with Crippen molar-refractivity contribution >= 4 is 46.5 Å². The van der Waals surface area contributed by atoms with E-state index >= 15 is 0 Å². The van der Waals surface area contributed by atoms with Gasteiger partial charge in [0.05, 0.1) is 16.8 Å². The van der Waals surface area contributed by atoms with Gasteiger partial charge in [-0.25, -0.2) is 0 Å². The molecular weight excluding hydrogens is 612 g/mol. The predicted octanol–water partition coefficient (Wildman–Crippen LogP) is 6.34. The number of piperidine rings is 1. The number of rotatable bonds is 6. The molecule has 1 aliphatic carbocycles. The highest BCUT2D eigenvalue weighted by Gasteiger charge is 2.44. The summed E-state index contributed by atoms with van der Waals surface area (Å²) >= 11 is 6.40. The molecule has 1 N–H and O–H groups in total. The first-order chi connectivity index (χ1) is 22.9. The fraction of sp³-hybridized carbons (Fsp3) is 0.237. The van der Waals surface area contributed by atoms with Gasteiger partial charge in [0.1, 0.15) is 6.04 Å². The highest BCUT2D eigenvalue weighted by molar-refractivity contribution is 6.30. The molecule has 0 bridgehead atoms. The third-order valence-corrected chi connectivity index (χ3v) is 9.52. The van der Waals surface area contributed by atoms with E-state index < -0.39 is 17.9 Å². The summed E-state index contributed by atoms with van der Waals surface area (Å²) < 4.78 is 0. The molecular formula is C38H33ClN4O4. The van der Waals surface area contributed by atoms with Crippen LogP contribution in [0, 0.1) is 0 Å². The molecule has 8 nitrogen and oxygen atoms in total. The molecule has 3 aliphatic rings. The summed E-state index contributed by atoms with van der Waals surface area (Å²) in [5.74, 6) is -1.65. The second-order valence-corrected chi connectivity index (χ2v) is 12.5. The monoisotopic (exact) mass is 644 g/mol. The molecule has 47 heavy (non-hydrogen) atoms.